The second-order valence-corrected chi connectivity index (χ2v) is 7.69. The van der Waals surface area contributed by atoms with E-state index >= 15 is 0 Å². The summed E-state index contributed by atoms with van der Waals surface area (Å²) in [7, 11) is 1.63. The third-order valence-electron chi connectivity index (χ3n) is 5.75. The van der Waals surface area contributed by atoms with Crippen molar-refractivity contribution in [3.8, 4) is 11.8 Å². The van der Waals surface area contributed by atoms with Crippen LogP contribution < -0.4 is 10.6 Å². The summed E-state index contributed by atoms with van der Waals surface area (Å²) in [5, 5.41) is 10.2. The highest BCUT2D eigenvalue weighted by molar-refractivity contribution is 5.50. The van der Waals surface area contributed by atoms with E-state index in [4.69, 9.17) is 15.5 Å². The predicted octanol–water partition coefficient (Wildman–Crippen LogP) is 2.74. The van der Waals surface area contributed by atoms with Gasteiger partial charge in [-0.3, -0.25) is 0 Å². The van der Waals surface area contributed by atoms with Gasteiger partial charge in [-0.05, 0) is 30.5 Å². The highest BCUT2D eigenvalue weighted by Crippen LogP contribution is 2.23. The largest absolute Gasteiger partial charge is 0.388 e. The van der Waals surface area contributed by atoms with E-state index in [2.05, 4.69) is 42.7 Å². The van der Waals surface area contributed by atoms with Gasteiger partial charge in [-0.1, -0.05) is 56.0 Å². The number of hydrogen-bond acceptors (Lipinski definition) is 5. The van der Waals surface area contributed by atoms with Crippen LogP contribution in [0.2, 0.25) is 0 Å². The van der Waals surface area contributed by atoms with Crippen molar-refractivity contribution in [1.29, 1.82) is 0 Å². The van der Waals surface area contributed by atoms with Crippen LogP contribution in [0.15, 0.2) is 42.5 Å². The maximum Gasteiger partial charge on any atom is 0.129 e. The molecule has 0 amide bonds. The molecule has 0 spiro atoms. The summed E-state index contributed by atoms with van der Waals surface area (Å²) in [5.41, 5.74) is 8.90. The topological polar surface area (TPSA) is 71.6 Å². The van der Waals surface area contributed by atoms with Gasteiger partial charge in [0, 0.05) is 32.2 Å². The van der Waals surface area contributed by atoms with E-state index < -0.39 is 11.6 Å². The molecule has 5 heteroatoms. The quantitative estimate of drug-likeness (QED) is 0.739. The second kappa shape index (κ2) is 9.41. The number of benzene rings is 1. The molecule has 5 nitrogen and oxygen atoms in total. The number of anilines is 1. The molecule has 0 saturated carbocycles. The van der Waals surface area contributed by atoms with E-state index in [0.717, 1.165) is 29.9 Å². The number of nitrogens with two attached hydrogens (primary N) is 1. The molecular weight excluding hydrogens is 362 g/mol. The Morgan fingerprint density at radius 1 is 1.17 bits per heavy atom. The molecule has 2 atom stereocenters. The van der Waals surface area contributed by atoms with E-state index in [1.165, 1.54) is 5.56 Å². The molecule has 1 saturated heterocycles. The fourth-order valence-corrected chi connectivity index (χ4v) is 3.50. The Kier molecular flexibility index (Phi) is 6.92. The normalized spacial score (nSPS) is 19.1. The van der Waals surface area contributed by atoms with Crippen molar-refractivity contribution in [2.75, 3.05) is 25.1 Å². The van der Waals surface area contributed by atoms with E-state index in [1.54, 1.807) is 7.11 Å². The molecule has 29 heavy (non-hydrogen) atoms. The highest BCUT2D eigenvalue weighted by atomic mass is 16.5. The average molecular weight is 394 g/mol. The molecule has 1 fully saturated rings. The fraction of sp³-hybridized carbons (Fsp3) is 0.458. The number of methoxy groups -OCH3 is 1. The van der Waals surface area contributed by atoms with Crippen molar-refractivity contribution in [3.05, 3.63) is 59.3 Å². The van der Waals surface area contributed by atoms with Gasteiger partial charge in [-0.25, -0.2) is 4.98 Å². The smallest absolute Gasteiger partial charge is 0.129 e. The number of aromatic nitrogens is 1. The predicted molar refractivity (Wildman–Crippen MR) is 117 cm³/mol. The van der Waals surface area contributed by atoms with Crippen LogP contribution >= 0.6 is 0 Å². The van der Waals surface area contributed by atoms with Gasteiger partial charge < -0.3 is 20.5 Å². The van der Waals surface area contributed by atoms with E-state index in [9.17, 15) is 5.11 Å². The van der Waals surface area contributed by atoms with Gasteiger partial charge in [0.2, 0.25) is 0 Å². The van der Waals surface area contributed by atoms with Gasteiger partial charge >= 0.3 is 0 Å². The molecular formula is C24H31N3O2. The summed E-state index contributed by atoms with van der Waals surface area (Å²) in [6.45, 7) is 5.27. The maximum atomic E-state index is 10.2. The van der Waals surface area contributed by atoms with Gasteiger partial charge in [0.25, 0.3) is 0 Å². The van der Waals surface area contributed by atoms with Gasteiger partial charge in [0.05, 0.1) is 17.3 Å². The number of ether oxygens (including phenoxy) is 1. The van der Waals surface area contributed by atoms with Gasteiger partial charge in [0.1, 0.15) is 11.9 Å². The Morgan fingerprint density at radius 2 is 1.90 bits per heavy atom. The second-order valence-electron chi connectivity index (χ2n) is 7.69. The van der Waals surface area contributed by atoms with Crippen molar-refractivity contribution in [2.24, 2.45) is 5.73 Å². The zero-order valence-electron chi connectivity index (χ0n) is 17.6. The summed E-state index contributed by atoms with van der Waals surface area (Å²) in [4.78, 5) is 6.99. The zero-order valence-corrected chi connectivity index (χ0v) is 17.6. The van der Waals surface area contributed by atoms with Crippen molar-refractivity contribution < 1.29 is 9.84 Å². The summed E-state index contributed by atoms with van der Waals surface area (Å²) in [6.07, 6.45) is 1.60. The van der Waals surface area contributed by atoms with E-state index in [0.29, 0.717) is 19.5 Å². The van der Waals surface area contributed by atoms with Crippen molar-refractivity contribution >= 4 is 5.82 Å². The molecule has 1 aromatic carbocycles. The van der Waals surface area contributed by atoms with Gasteiger partial charge in [-0.15, -0.1) is 0 Å². The Labute approximate surface area is 173 Å². The van der Waals surface area contributed by atoms with Crippen LogP contribution in [0.5, 0.6) is 0 Å². The van der Waals surface area contributed by atoms with Crippen molar-refractivity contribution in [2.45, 2.75) is 50.9 Å². The number of hydrogen-bond donors (Lipinski definition) is 2. The first-order chi connectivity index (χ1) is 14.0. The van der Waals surface area contributed by atoms with Gasteiger partial charge in [0.15, 0.2) is 0 Å². The number of rotatable bonds is 6. The minimum Gasteiger partial charge on any atom is -0.388 e. The minimum atomic E-state index is -0.509. The van der Waals surface area contributed by atoms with Crippen LogP contribution in [-0.2, 0) is 11.2 Å². The molecule has 2 aromatic rings. The van der Waals surface area contributed by atoms with Crippen molar-refractivity contribution in [1.82, 2.24) is 4.98 Å². The van der Waals surface area contributed by atoms with Crippen LogP contribution in [-0.4, -0.2) is 48.0 Å². The lowest BCUT2D eigenvalue weighted by Gasteiger charge is -2.20. The molecule has 154 valence electrons. The standard InChI is InChI=1S/C24H31N3O2/c1-4-24(25,5-2)14-13-19-11-12-23(27-16-21(28)22(17-27)29-3)26-20(19)15-18-9-7-6-8-10-18/h6-12,21-22,28H,4-5,15-17,25H2,1-3H3/t21-,22-/m1/s1. The summed E-state index contributed by atoms with van der Waals surface area (Å²) in [6, 6.07) is 14.3. The highest BCUT2D eigenvalue weighted by Gasteiger charge is 2.32. The first-order valence-corrected chi connectivity index (χ1v) is 10.3. The number of aliphatic hydroxyl groups excluding tert-OH is 1. The molecule has 0 aliphatic carbocycles. The molecule has 0 bridgehead atoms. The van der Waals surface area contributed by atoms with E-state index in [1.807, 2.05) is 30.3 Å². The molecule has 3 rings (SSSR count). The van der Waals surface area contributed by atoms with Crippen LogP contribution in [0.25, 0.3) is 0 Å². The maximum absolute atomic E-state index is 10.2. The molecule has 1 aromatic heterocycles. The van der Waals surface area contributed by atoms with Crippen LogP contribution in [0, 0.1) is 11.8 Å². The summed E-state index contributed by atoms with van der Waals surface area (Å²) in [5.74, 6) is 7.39. The third-order valence-corrected chi connectivity index (χ3v) is 5.75. The monoisotopic (exact) mass is 393 g/mol. The zero-order chi connectivity index (χ0) is 20.9. The lowest BCUT2D eigenvalue weighted by molar-refractivity contribution is 0.0217. The Hall–Kier alpha value is -2.39. The van der Waals surface area contributed by atoms with Crippen LogP contribution in [0.4, 0.5) is 5.82 Å². The van der Waals surface area contributed by atoms with Gasteiger partial charge in [-0.2, -0.15) is 0 Å². The first-order valence-electron chi connectivity index (χ1n) is 10.3. The number of β-amino-alcohol motifs (C(OH)–C–C–N with tert-alkyl or cyclic N) is 1. The van der Waals surface area contributed by atoms with Crippen LogP contribution in [0.3, 0.4) is 0 Å². The Bertz CT molecular complexity index is 869. The molecule has 2 heterocycles. The Balaban J connectivity index is 1.95. The van der Waals surface area contributed by atoms with Crippen LogP contribution in [0.1, 0.15) is 43.5 Å². The third kappa shape index (κ3) is 5.16. The molecule has 1 aliphatic heterocycles. The minimum absolute atomic E-state index is 0.194. The fourth-order valence-electron chi connectivity index (χ4n) is 3.50. The average Bonchev–Trinajstić information content (AvgIpc) is 3.14. The molecule has 1 aliphatic rings. The lowest BCUT2D eigenvalue weighted by Crippen LogP contribution is -2.36. The number of aliphatic hydroxyl groups is 1. The van der Waals surface area contributed by atoms with Crippen molar-refractivity contribution in [3.63, 3.8) is 0 Å². The van der Waals surface area contributed by atoms with E-state index in [-0.39, 0.29) is 6.10 Å². The lowest BCUT2D eigenvalue weighted by atomic mass is 9.94. The number of pyridine rings is 1. The Morgan fingerprint density at radius 3 is 2.52 bits per heavy atom. The number of nitrogens with zero attached hydrogens (tertiary/aromatic N) is 2. The summed E-state index contributed by atoms with van der Waals surface area (Å²) >= 11 is 0. The molecule has 0 radical (unpaired) electrons. The molecule has 0 unspecified atom stereocenters. The summed E-state index contributed by atoms with van der Waals surface area (Å²) < 4.78 is 5.37. The SMILES string of the molecule is CCC(N)(C#Cc1ccc(N2C[C@@H](O)[C@H](OC)C2)nc1Cc1ccccc1)CC. The first kappa shape index (κ1) is 21.3. The molecule has 3 N–H and O–H groups in total.